The average molecular weight is 260 g/mol. The summed E-state index contributed by atoms with van der Waals surface area (Å²) < 4.78 is 6.04. The Labute approximate surface area is 115 Å². The summed E-state index contributed by atoms with van der Waals surface area (Å²) in [6, 6.07) is 6.69. The number of ether oxygens (including phenoxy) is 1. The minimum Gasteiger partial charge on any atom is -0.375 e. The van der Waals surface area contributed by atoms with Gasteiger partial charge >= 0.3 is 0 Å². The van der Waals surface area contributed by atoms with Crippen LogP contribution in [0.1, 0.15) is 49.5 Å². The number of hydrogen-bond acceptors (Lipinski definition) is 3. The highest BCUT2D eigenvalue weighted by atomic mass is 16.5. The summed E-state index contributed by atoms with van der Waals surface area (Å²) >= 11 is 0. The molecular formula is C16H24N2O. The van der Waals surface area contributed by atoms with E-state index in [4.69, 9.17) is 9.72 Å². The van der Waals surface area contributed by atoms with Crippen molar-refractivity contribution in [1.29, 1.82) is 0 Å². The van der Waals surface area contributed by atoms with E-state index in [9.17, 15) is 0 Å². The summed E-state index contributed by atoms with van der Waals surface area (Å²) in [5.41, 5.74) is 2.49. The van der Waals surface area contributed by atoms with Gasteiger partial charge in [-0.15, -0.1) is 0 Å². The molecule has 104 valence electrons. The first-order valence-electron chi connectivity index (χ1n) is 7.47. The van der Waals surface area contributed by atoms with E-state index in [1.807, 2.05) is 0 Å². The lowest BCUT2D eigenvalue weighted by atomic mass is 9.70. The molecule has 0 amide bonds. The maximum absolute atomic E-state index is 6.04. The number of nitrogens with one attached hydrogen (secondary N) is 1. The smallest absolute Gasteiger partial charge is 0.0686 e. The van der Waals surface area contributed by atoms with Crippen LogP contribution in [0.2, 0.25) is 0 Å². The third-order valence-corrected chi connectivity index (χ3v) is 4.81. The Bertz CT molecular complexity index is 442. The molecule has 19 heavy (non-hydrogen) atoms. The molecule has 2 heterocycles. The van der Waals surface area contributed by atoms with E-state index in [-0.39, 0.29) is 5.60 Å². The van der Waals surface area contributed by atoms with Gasteiger partial charge in [0.25, 0.3) is 0 Å². The first-order chi connectivity index (χ1) is 9.22. The normalized spacial score (nSPS) is 26.9. The van der Waals surface area contributed by atoms with Gasteiger partial charge < -0.3 is 10.1 Å². The molecule has 1 aliphatic carbocycles. The molecule has 2 unspecified atom stereocenters. The van der Waals surface area contributed by atoms with Gasteiger partial charge in [-0.05, 0) is 64.1 Å². The lowest BCUT2D eigenvalue weighted by Gasteiger charge is -2.48. The molecule has 1 aliphatic heterocycles. The summed E-state index contributed by atoms with van der Waals surface area (Å²) in [6.07, 6.45) is 6.17. The van der Waals surface area contributed by atoms with Crippen molar-refractivity contribution < 1.29 is 4.74 Å². The average Bonchev–Trinajstić information content (AvgIpc) is 2.38. The summed E-state index contributed by atoms with van der Waals surface area (Å²) in [5.74, 6) is 0.647. The first kappa shape index (κ1) is 13.1. The molecule has 1 saturated carbocycles. The van der Waals surface area contributed by atoms with Crippen LogP contribution in [-0.4, -0.2) is 24.2 Å². The molecule has 1 aromatic rings. The van der Waals surface area contributed by atoms with Crippen LogP contribution < -0.4 is 5.32 Å². The quantitative estimate of drug-likeness (QED) is 0.907. The van der Waals surface area contributed by atoms with Gasteiger partial charge in [0.1, 0.15) is 0 Å². The predicted octanol–water partition coefficient (Wildman–Crippen LogP) is 3.00. The van der Waals surface area contributed by atoms with Crippen LogP contribution in [0.3, 0.4) is 0 Å². The molecule has 3 rings (SSSR count). The Morgan fingerprint density at radius 2 is 2.26 bits per heavy atom. The molecule has 3 heteroatoms. The second kappa shape index (κ2) is 5.22. The molecule has 0 bridgehead atoms. The number of aryl methyl sites for hydroxylation is 1. The molecule has 1 spiro atoms. The van der Waals surface area contributed by atoms with Gasteiger partial charge in [-0.2, -0.15) is 0 Å². The van der Waals surface area contributed by atoms with Crippen LogP contribution >= 0.6 is 0 Å². The summed E-state index contributed by atoms with van der Waals surface area (Å²) in [6.45, 7) is 2.97. The summed E-state index contributed by atoms with van der Waals surface area (Å²) in [5, 5.41) is 3.48. The van der Waals surface area contributed by atoms with Crippen molar-refractivity contribution in [2.75, 3.05) is 13.7 Å². The monoisotopic (exact) mass is 260 g/mol. The van der Waals surface area contributed by atoms with Crippen LogP contribution in [0.4, 0.5) is 0 Å². The number of rotatable bonds is 3. The molecule has 1 aromatic heterocycles. The number of hydrogen-bond donors (Lipinski definition) is 1. The third-order valence-electron chi connectivity index (χ3n) is 4.81. The van der Waals surface area contributed by atoms with Crippen LogP contribution in [0.25, 0.3) is 0 Å². The van der Waals surface area contributed by atoms with Gasteiger partial charge in [-0.1, -0.05) is 6.07 Å². The fourth-order valence-electron chi connectivity index (χ4n) is 3.63. The molecular weight excluding hydrogens is 236 g/mol. The summed E-state index contributed by atoms with van der Waals surface area (Å²) in [7, 11) is 2.05. The Morgan fingerprint density at radius 3 is 2.89 bits per heavy atom. The topological polar surface area (TPSA) is 34.2 Å². The van der Waals surface area contributed by atoms with Crippen molar-refractivity contribution in [3.8, 4) is 0 Å². The van der Waals surface area contributed by atoms with E-state index in [0.717, 1.165) is 18.7 Å². The van der Waals surface area contributed by atoms with E-state index >= 15 is 0 Å². The van der Waals surface area contributed by atoms with Gasteiger partial charge in [0.15, 0.2) is 0 Å². The molecule has 3 nitrogen and oxygen atoms in total. The SMILES string of the molecule is CNC(c1cccc(C)n1)C1CCOC2(CCC2)C1. The zero-order valence-corrected chi connectivity index (χ0v) is 12.0. The molecule has 2 fully saturated rings. The van der Waals surface area contributed by atoms with Crippen LogP contribution in [0.5, 0.6) is 0 Å². The number of nitrogens with zero attached hydrogens (tertiary/aromatic N) is 1. The van der Waals surface area contributed by atoms with E-state index in [2.05, 4.69) is 37.5 Å². The highest BCUT2D eigenvalue weighted by Gasteiger charge is 2.44. The lowest BCUT2D eigenvalue weighted by Crippen LogP contribution is -2.47. The zero-order valence-electron chi connectivity index (χ0n) is 12.0. The van der Waals surface area contributed by atoms with Crippen molar-refractivity contribution in [3.05, 3.63) is 29.6 Å². The molecule has 2 aliphatic rings. The highest BCUT2D eigenvalue weighted by Crippen LogP contribution is 2.46. The Balaban J connectivity index is 1.78. The summed E-state index contributed by atoms with van der Waals surface area (Å²) in [4.78, 5) is 4.71. The van der Waals surface area contributed by atoms with Gasteiger partial charge in [-0.3, -0.25) is 4.98 Å². The van der Waals surface area contributed by atoms with Crippen molar-refractivity contribution in [1.82, 2.24) is 10.3 Å². The first-order valence-corrected chi connectivity index (χ1v) is 7.47. The standard InChI is InChI=1S/C16H24N2O/c1-12-5-3-6-14(18-12)15(17-2)13-7-10-19-16(11-13)8-4-9-16/h3,5-6,13,15,17H,4,7-11H2,1-2H3. The Kier molecular flexibility index (Phi) is 3.59. The van der Waals surface area contributed by atoms with E-state index in [1.165, 1.54) is 31.4 Å². The number of aromatic nitrogens is 1. The molecule has 2 atom stereocenters. The van der Waals surface area contributed by atoms with Gasteiger partial charge in [0, 0.05) is 12.3 Å². The van der Waals surface area contributed by atoms with Crippen molar-refractivity contribution in [2.24, 2.45) is 5.92 Å². The largest absolute Gasteiger partial charge is 0.375 e. The van der Waals surface area contributed by atoms with E-state index in [1.54, 1.807) is 0 Å². The zero-order chi connectivity index (χ0) is 13.3. The van der Waals surface area contributed by atoms with Crippen LogP contribution in [-0.2, 0) is 4.74 Å². The van der Waals surface area contributed by atoms with E-state index < -0.39 is 0 Å². The van der Waals surface area contributed by atoms with Crippen molar-refractivity contribution >= 4 is 0 Å². The fraction of sp³-hybridized carbons (Fsp3) is 0.688. The highest BCUT2D eigenvalue weighted by molar-refractivity contribution is 5.15. The fourth-order valence-corrected chi connectivity index (χ4v) is 3.63. The van der Waals surface area contributed by atoms with Crippen LogP contribution in [0.15, 0.2) is 18.2 Å². The molecule has 0 aromatic carbocycles. The minimum atomic E-state index is 0.210. The van der Waals surface area contributed by atoms with Crippen molar-refractivity contribution in [3.63, 3.8) is 0 Å². The Morgan fingerprint density at radius 1 is 1.42 bits per heavy atom. The maximum atomic E-state index is 6.04. The van der Waals surface area contributed by atoms with E-state index in [0.29, 0.717) is 12.0 Å². The maximum Gasteiger partial charge on any atom is 0.0686 e. The second-order valence-corrected chi connectivity index (χ2v) is 6.11. The van der Waals surface area contributed by atoms with Crippen molar-refractivity contribution in [2.45, 2.75) is 50.7 Å². The molecule has 1 N–H and O–H groups in total. The van der Waals surface area contributed by atoms with Gasteiger partial charge in [-0.25, -0.2) is 0 Å². The third kappa shape index (κ3) is 2.54. The number of pyridine rings is 1. The Hall–Kier alpha value is -0.930. The second-order valence-electron chi connectivity index (χ2n) is 6.11. The van der Waals surface area contributed by atoms with Crippen LogP contribution in [0, 0.1) is 12.8 Å². The molecule has 0 radical (unpaired) electrons. The minimum absolute atomic E-state index is 0.210. The lowest BCUT2D eigenvalue weighted by molar-refractivity contribution is -0.147. The molecule has 1 saturated heterocycles. The van der Waals surface area contributed by atoms with Gasteiger partial charge in [0.2, 0.25) is 0 Å². The van der Waals surface area contributed by atoms with Gasteiger partial charge in [0.05, 0.1) is 17.3 Å². The predicted molar refractivity (Wildman–Crippen MR) is 76.0 cm³/mol.